The summed E-state index contributed by atoms with van der Waals surface area (Å²) in [7, 11) is 1.69. The number of aliphatic hydroxyl groups is 1. The molecule has 3 aromatic rings. The predicted molar refractivity (Wildman–Crippen MR) is 130 cm³/mol. The Morgan fingerprint density at radius 2 is 1.85 bits per heavy atom. The number of hydrogen-bond acceptors (Lipinski definition) is 4. The summed E-state index contributed by atoms with van der Waals surface area (Å²) in [5, 5.41) is 24.8. The van der Waals surface area contributed by atoms with Crippen LogP contribution in [0.3, 0.4) is 0 Å². The van der Waals surface area contributed by atoms with Gasteiger partial charge in [-0.3, -0.25) is 4.79 Å². The van der Waals surface area contributed by atoms with Crippen molar-refractivity contribution < 1.29 is 15.0 Å². The number of rotatable bonds is 4. The molecule has 4 rings (SSSR count). The summed E-state index contributed by atoms with van der Waals surface area (Å²) in [5.74, 6) is 5.04. The first-order valence-corrected chi connectivity index (χ1v) is 11.2. The zero-order valence-electron chi connectivity index (χ0n) is 19.1. The number of hydrogen-bond donors (Lipinski definition) is 3. The molecule has 33 heavy (non-hydrogen) atoms. The maximum atomic E-state index is 13.2. The normalized spacial score (nSPS) is 15.6. The van der Waals surface area contributed by atoms with Crippen molar-refractivity contribution in [3.63, 3.8) is 0 Å². The average Bonchev–Trinajstić information content (AvgIpc) is 3.22. The second-order valence-corrected chi connectivity index (χ2v) is 8.91. The molecule has 0 bridgehead atoms. The van der Waals surface area contributed by atoms with E-state index in [4.69, 9.17) is 0 Å². The van der Waals surface area contributed by atoms with Gasteiger partial charge in [0.05, 0.1) is 11.3 Å². The Morgan fingerprint density at radius 1 is 1.15 bits per heavy atom. The molecule has 6 heteroatoms. The van der Waals surface area contributed by atoms with Crippen molar-refractivity contribution in [2.45, 2.75) is 51.2 Å². The molecule has 0 amide bonds. The van der Waals surface area contributed by atoms with Crippen LogP contribution in [0.2, 0.25) is 0 Å². The Hall–Kier alpha value is -3.56. The largest absolute Gasteiger partial charge is 0.478 e. The molecular weight excluding hydrogens is 416 g/mol. The molecule has 3 N–H and O–H groups in total. The van der Waals surface area contributed by atoms with Crippen molar-refractivity contribution in [3.8, 4) is 11.8 Å². The van der Waals surface area contributed by atoms with E-state index in [1.54, 1.807) is 31.3 Å². The highest BCUT2D eigenvalue weighted by molar-refractivity contribution is 5.94. The number of carbonyl (C=O) groups is 1. The number of fused-ring (bicyclic) bond motifs is 1. The minimum absolute atomic E-state index is 0.154. The Bertz CT molecular complexity index is 1350. The molecule has 0 saturated heterocycles. The van der Waals surface area contributed by atoms with E-state index in [2.05, 4.69) is 17.2 Å². The van der Waals surface area contributed by atoms with Gasteiger partial charge in [0.25, 0.3) is 5.56 Å². The number of anilines is 1. The highest BCUT2D eigenvalue weighted by Gasteiger charge is 2.28. The number of aryl methyl sites for hydroxylation is 1. The summed E-state index contributed by atoms with van der Waals surface area (Å²) in [6, 6.07) is 12.3. The number of pyridine rings is 1. The fourth-order valence-electron chi connectivity index (χ4n) is 4.54. The van der Waals surface area contributed by atoms with E-state index in [-0.39, 0.29) is 17.2 Å². The maximum Gasteiger partial charge on any atom is 0.337 e. The lowest BCUT2D eigenvalue weighted by Crippen LogP contribution is -2.23. The Morgan fingerprint density at radius 3 is 2.55 bits per heavy atom. The second kappa shape index (κ2) is 8.76. The van der Waals surface area contributed by atoms with Crippen LogP contribution in [0, 0.1) is 18.8 Å². The first-order chi connectivity index (χ1) is 15.7. The van der Waals surface area contributed by atoms with Gasteiger partial charge >= 0.3 is 5.97 Å². The minimum Gasteiger partial charge on any atom is -0.478 e. The number of aromatic carboxylic acids is 1. The number of carboxylic acid groups (broad SMARTS) is 1. The van der Waals surface area contributed by atoms with Crippen LogP contribution in [0.5, 0.6) is 0 Å². The average molecular weight is 445 g/mol. The molecule has 1 aliphatic rings. The van der Waals surface area contributed by atoms with Gasteiger partial charge in [0.15, 0.2) is 0 Å². The van der Waals surface area contributed by atoms with Crippen LogP contribution in [0.1, 0.15) is 65.8 Å². The Balaban J connectivity index is 1.82. The minimum atomic E-state index is -1.00. The third kappa shape index (κ3) is 4.50. The van der Waals surface area contributed by atoms with Crippen LogP contribution in [0.15, 0.2) is 47.3 Å². The van der Waals surface area contributed by atoms with Gasteiger partial charge in [-0.2, -0.15) is 0 Å². The van der Waals surface area contributed by atoms with Crippen molar-refractivity contribution in [2.24, 2.45) is 7.05 Å². The number of carboxylic acids is 1. The number of nitrogens with one attached hydrogen (secondary N) is 1. The van der Waals surface area contributed by atoms with Gasteiger partial charge in [-0.25, -0.2) is 4.79 Å². The van der Waals surface area contributed by atoms with Crippen LogP contribution in [0.25, 0.3) is 10.8 Å². The van der Waals surface area contributed by atoms with Crippen LogP contribution in [-0.4, -0.2) is 26.4 Å². The predicted octanol–water partition coefficient (Wildman–Crippen LogP) is 4.37. The van der Waals surface area contributed by atoms with Gasteiger partial charge in [-0.05, 0) is 86.2 Å². The first kappa shape index (κ1) is 22.6. The quantitative estimate of drug-likeness (QED) is 0.520. The zero-order chi connectivity index (χ0) is 23.8. The van der Waals surface area contributed by atoms with Gasteiger partial charge in [-0.1, -0.05) is 24.1 Å². The SMILES string of the molecule is Cc1cc(C(C)Nc2ccccc2C(=O)O)c2cc(C#CC3(O)CCCC3)n(C)c(=O)c2c1. The van der Waals surface area contributed by atoms with Crippen molar-refractivity contribution in [1.82, 2.24) is 4.57 Å². The number of nitrogens with zero attached hydrogens (tertiary/aromatic N) is 1. The summed E-state index contributed by atoms with van der Waals surface area (Å²) in [4.78, 5) is 24.8. The third-order valence-corrected chi connectivity index (χ3v) is 6.38. The summed E-state index contributed by atoms with van der Waals surface area (Å²) in [5.41, 5.74) is 1.91. The van der Waals surface area contributed by atoms with Gasteiger partial charge in [0.1, 0.15) is 5.60 Å². The molecule has 1 saturated carbocycles. The van der Waals surface area contributed by atoms with E-state index in [1.807, 2.05) is 32.0 Å². The van der Waals surface area contributed by atoms with Crippen molar-refractivity contribution in [3.05, 3.63) is 75.2 Å². The first-order valence-electron chi connectivity index (χ1n) is 11.2. The van der Waals surface area contributed by atoms with Crippen molar-refractivity contribution in [2.75, 3.05) is 5.32 Å². The fourth-order valence-corrected chi connectivity index (χ4v) is 4.54. The Kier molecular flexibility index (Phi) is 6.01. The van der Waals surface area contributed by atoms with E-state index in [0.29, 0.717) is 29.6 Å². The van der Waals surface area contributed by atoms with Crippen LogP contribution in [0.4, 0.5) is 5.69 Å². The molecule has 1 unspecified atom stereocenters. The van der Waals surface area contributed by atoms with Crippen LogP contribution < -0.4 is 10.9 Å². The molecule has 6 nitrogen and oxygen atoms in total. The lowest BCUT2D eigenvalue weighted by Gasteiger charge is -2.20. The standard InChI is InChI=1S/C27H28N2O4/c1-17-14-21(18(2)28-24-9-5-4-8-20(24)26(31)32)22-16-19(29(3)25(30)23(22)15-17)10-13-27(33)11-6-7-12-27/h4-5,8-9,14-16,18,28,33H,6-7,11-12H2,1-3H3,(H,31,32). The van der Waals surface area contributed by atoms with Crippen molar-refractivity contribution in [1.29, 1.82) is 0 Å². The van der Waals surface area contributed by atoms with Gasteiger partial charge in [0, 0.05) is 24.2 Å². The number of benzene rings is 2. The molecule has 1 aromatic heterocycles. The van der Waals surface area contributed by atoms with Crippen LogP contribution in [-0.2, 0) is 7.05 Å². The summed E-state index contributed by atoms with van der Waals surface area (Å²) < 4.78 is 1.52. The molecule has 1 fully saturated rings. The summed E-state index contributed by atoms with van der Waals surface area (Å²) in [6.45, 7) is 3.88. The molecule has 1 aliphatic carbocycles. The molecule has 0 aliphatic heterocycles. The monoisotopic (exact) mass is 444 g/mol. The summed E-state index contributed by atoms with van der Waals surface area (Å²) >= 11 is 0. The van der Waals surface area contributed by atoms with Gasteiger partial charge in [0.2, 0.25) is 0 Å². The number of aromatic nitrogens is 1. The van der Waals surface area contributed by atoms with Gasteiger partial charge in [-0.15, -0.1) is 0 Å². The maximum absolute atomic E-state index is 13.2. The molecule has 1 atom stereocenters. The van der Waals surface area contributed by atoms with Crippen LogP contribution >= 0.6 is 0 Å². The molecule has 1 heterocycles. The van der Waals surface area contributed by atoms with Crippen molar-refractivity contribution >= 4 is 22.4 Å². The lowest BCUT2D eigenvalue weighted by atomic mass is 9.96. The topological polar surface area (TPSA) is 91.6 Å². The molecule has 0 radical (unpaired) electrons. The molecule has 2 aromatic carbocycles. The van der Waals surface area contributed by atoms with E-state index < -0.39 is 11.6 Å². The van der Waals surface area contributed by atoms with E-state index >= 15 is 0 Å². The molecule has 170 valence electrons. The van der Waals surface area contributed by atoms with E-state index in [1.165, 1.54) is 4.57 Å². The summed E-state index contributed by atoms with van der Waals surface area (Å²) in [6.07, 6.45) is 3.20. The molecular formula is C27H28N2O4. The Labute approximate surface area is 192 Å². The third-order valence-electron chi connectivity index (χ3n) is 6.38. The molecule has 0 spiro atoms. The highest BCUT2D eigenvalue weighted by atomic mass is 16.4. The number of para-hydroxylation sites is 1. The van der Waals surface area contributed by atoms with Gasteiger partial charge < -0.3 is 20.1 Å². The van der Waals surface area contributed by atoms with E-state index in [9.17, 15) is 19.8 Å². The second-order valence-electron chi connectivity index (χ2n) is 8.91. The smallest absolute Gasteiger partial charge is 0.337 e. The van der Waals surface area contributed by atoms with E-state index in [0.717, 1.165) is 29.4 Å². The lowest BCUT2D eigenvalue weighted by molar-refractivity contribution is 0.0697. The zero-order valence-corrected chi connectivity index (χ0v) is 19.1. The highest BCUT2D eigenvalue weighted by Crippen LogP contribution is 2.30. The fraction of sp³-hybridized carbons (Fsp3) is 0.333.